The van der Waals surface area contributed by atoms with Crippen molar-refractivity contribution in [3.63, 3.8) is 0 Å². The van der Waals surface area contributed by atoms with Crippen LogP contribution in [0.4, 0.5) is 5.69 Å². The molecule has 2 heterocycles. The normalized spacial score (nSPS) is 11.0. The van der Waals surface area contributed by atoms with Crippen molar-refractivity contribution in [2.75, 3.05) is 31.6 Å². The van der Waals surface area contributed by atoms with Crippen LogP contribution in [0.25, 0.3) is 16.9 Å². The first-order valence-corrected chi connectivity index (χ1v) is 16.2. The zero-order chi connectivity index (χ0) is 32.1. The van der Waals surface area contributed by atoms with Crippen molar-refractivity contribution in [1.29, 1.82) is 0 Å². The van der Waals surface area contributed by atoms with Gasteiger partial charge in [-0.2, -0.15) is 0 Å². The summed E-state index contributed by atoms with van der Waals surface area (Å²) in [5, 5.41) is 2.89. The number of ether oxygens (including phenoxy) is 2. The van der Waals surface area contributed by atoms with Gasteiger partial charge < -0.3 is 24.3 Å². The van der Waals surface area contributed by atoms with Crippen LogP contribution in [0.2, 0.25) is 0 Å². The van der Waals surface area contributed by atoms with E-state index in [9.17, 15) is 4.79 Å². The molecule has 1 N–H and O–H groups in total. The standard InChI is InChI=1S/C38H43N5O3/c1-4-7-9-37-41-36(29-10-16-33(17-11-29)45-27-8-26-42(5-2)6-3)28-43(37)32-14-20-35(21-15-32)46-34-18-12-31(13-19-34)40-38(44)30-22-24-39-25-23-30/h10-25,28H,4-9,26-27H2,1-3H3,(H,40,44). The maximum atomic E-state index is 12.4. The number of imidazole rings is 1. The van der Waals surface area contributed by atoms with Crippen molar-refractivity contribution in [3.05, 3.63) is 115 Å². The predicted octanol–water partition coefficient (Wildman–Crippen LogP) is 8.43. The lowest BCUT2D eigenvalue weighted by Gasteiger charge is -2.17. The SMILES string of the molecule is CCCCc1nc(-c2ccc(OCCCN(CC)CC)cc2)cn1-c1ccc(Oc2ccc(NC(=O)c3ccncc3)cc2)cc1. The minimum atomic E-state index is -0.185. The Morgan fingerprint density at radius 2 is 1.46 bits per heavy atom. The number of rotatable bonds is 16. The molecule has 0 radical (unpaired) electrons. The highest BCUT2D eigenvalue weighted by Gasteiger charge is 2.12. The number of nitrogens with one attached hydrogen (secondary N) is 1. The molecule has 0 aliphatic carbocycles. The number of unbranched alkanes of at least 4 members (excludes halogenated alkanes) is 1. The fourth-order valence-electron chi connectivity index (χ4n) is 5.16. The van der Waals surface area contributed by atoms with Gasteiger partial charge in [0.1, 0.15) is 23.1 Å². The molecule has 0 aliphatic rings. The van der Waals surface area contributed by atoms with Gasteiger partial charge in [0.25, 0.3) is 5.91 Å². The average molecular weight is 618 g/mol. The zero-order valence-corrected chi connectivity index (χ0v) is 27.0. The fourth-order valence-corrected chi connectivity index (χ4v) is 5.16. The van der Waals surface area contributed by atoms with Crippen LogP contribution < -0.4 is 14.8 Å². The molecule has 8 heteroatoms. The number of benzene rings is 3. The van der Waals surface area contributed by atoms with Crippen molar-refractivity contribution < 1.29 is 14.3 Å². The molecule has 5 rings (SSSR count). The monoisotopic (exact) mass is 617 g/mol. The van der Waals surface area contributed by atoms with Gasteiger partial charge in [0.2, 0.25) is 0 Å². The minimum Gasteiger partial charge on any atom is -0.494 e. The van der Waals surface area contributed by atoms with E-state index in [-0.39, 0.29) is 5.91 Å². The quantitative estimate of drug-likeness (QED) is 0.112. The van der Waals surface area contributed by atoms with Crippen LogP contribution in [0.3, 0.4) is 0 Å². The van der Waals surface area contributed by atoms with Crippen LogP contribution in [-0.4, -0.2) is 51.6 Å². The Kier molecular flexibility index (Phi) is 11.6. The van der Waals surface area contributed by atoms with Gasteiger partial charge in [-0.1, -0.05) is 27.2 Å². The van der Waals surface area contributed by atoms with Crippen LogP contribution in [0, 0.1) is 0 Å². The average Bonchev–Trinajstić information content (AvgIpc) is 3.53. The van der Waals surface area contributed by atoms with Crippen LogP contribution in [0.15, 0.2) is 104 Å². The number of pyridine rings is 1. The number of aryl methyl sites for hydroxylation is 1. The lowest BCUT2D eigenvalue weighted by Crippen LogP contribution is -2.25. The van der Waals surface area contributed by atoms with Crippen LogP contribution in [0.1, 0.15) is 56.2 Å². The summed E-state index contributed by atoms with van der Waals surface area (Å²) in [4.78, 5) is 23.8. The first kappa shape index (κ1) is 32.4. The summed E-state index contributed by atoms with van der Waals surface area (Å²) in [5.41, 5.74) is 4.27. The molecule has 0 spiro atoms. The molecule has 2 aromatic heterocycles. The summed E-state index contributed by atoms with van der Waals surface area (Å²) >= 11 is 0. The van der Waals surface area contributed by atoms with Crippen molar-refractivity contribution in [3.8, 4) is 34.2 Å². The lowest BCUT2D eigenvalue weighted by molar-refractivity contribution is 0.102. The molecule has 3 aromatic carbocycles. The highest BCUT2D eigenvalue weighted by molar-refractivity contribution is 6.04. The van der Waals surface area contributed by atoms with E-state index < -0.39 is 0 Å². The molecule has 0 atom stereocenters. The maximum Gasteiger partial charge on any atom is 0.255 e. The third-order valence-corrected chi connectivity index (χ3v) is 7.87. The van der Waals surface area contributed by atoms with Crippen LogP contribution in [0.5, 0.6) is 17.2 Å². The van der Waals surface area contributed by atoms with Gasteiger partial charge in [-0.3, -0.25) is 9.78 Å². The first-order valence-electron chi connectivity index (χ1n) is 16.2. The highest BCUT2D eigenvalue weighted by Crippen LogP contribution is 2.28. The molecule has 46 heavy (non-hydrogen) atoms. The molecule has 0 fully saturated rings. The molecule has 238 valence electrons. The molecule has 1 amide bonds. The summed E-state index contributed by atoms with van der Waals surface area (Å²) in [7, 11) is 0. The smallest absolute Gasteiger partial charge is 0.255 e. The first-order chi connectivity index (χ1) is 22.6. The second kappa shape index (κ2) is 16.4. The van der Waals surface area contributed by atoms with Crippen molar-refractivity contribution >= 4 is 11.6 Å². The largest absolute Gasteiger partial charge is 0.494 e. The Hall–Kier alpha value is -4.95. The van der Waals surface area contributed by atoms with E-state index >= 15 is 0 Å². The number of hydrogen-bond acceptors (Lipinski definition) is 6. The molecule has 0 bridgehead atoms. The highest BCUT2D eigenvalue weighted by atomic mass is 16.5. The Morgan fingerprint density at radius 3 is 2.11 bits per heavy atom. The Morgan fingerprint density at radius 1 is 0.804 bits per heavy atom. The van der Waals surface area contributed by atoms with Crippen LogP contribution in [-0.2, 0) is 6.42 Å². The van der Waals surface area contributed by atoms with E-state index in [4.69, 9.17) is 14.5 Å². The topological polar surface area (TPSA) is 81.5 Å². The van der Waals surface area contributed by atoms with E-state index in [0.717, 1.165) is 79.6 Å². The van der Waals surface area contributed by atoms with E-state index in [1.807, 2.05) is 48.5 Å². The summed E-state index contributed by atoms with van der Waals surface area (Å²) in [6, 6.07) is 26.9. The van der Waals surface area contributed by atoms with Gasteiger partial charge in [0, 0.05) is 54.1 Å². The van der Waals surface area contributed by atoms with E-state index in [0.29, 0.717) is 23.6 Å². The van der Waals surface area contributed by atoms with Gasteiger partial charge in [-0.25, -0.2) is 4.98 Å². The number of aromatic nitrogens is 3. The molecule has 0 aliphatic heterocycles. The molecule has 0 saturated heterocycles. The lowest BCUT2D eigenvalue weighted by atomic mass is 10.1. The number of carbonyl (C=O) groups excluding carboxylic acids is 1. The Bertz CT molecular complexity index is 1650. The summed E-state index contributed by atoms with van der Waals surface area (Å²) < 4.78 is 14.3. The Balaban J connectivity index is 1.22. The molecule has 0 saturated carbocycles. The third kappa shape index (κ3) is 8.82. The van der Waals surface area contributed by atoms with Crippen LogP contribution >= 0.6 is 0 Å². The van der Waals surface area contributed by atoms with Gasteiger partial charge in [-0.05, 0) is 111 Å². The number of nitrogens with zero attached hydrogens (tertiary/aromatic N) is 4. The summed E-state index contributed by atoms with van der Waals surface area (Å²) in [6.07, 6.45) is 9.38. The number of hydrogen-bond donors (Lipinski definition) is 1. The number of anilines is 1. The maximum absolute atomic E-state index is 12.4. The number of amides is 1. The zero-order valence-electron chi connectivity index (χ0n) is 27.0. The predicted molar refractivity (Wildman–Crippen MR) is 184 cm³/mol. The second-order valence-electron chi connectivity index (χ2n) is 11.1. The van der Waals surface area contributed by atoms with Crippen molar-refractivity contribution in [2.24, 2.45) is 0 Å². The van der Waals surface area contributed by atoms with Crippen molar-refractivity contribution in [2.45, 2.75) is 46.5 Å². The van der Waals surface area contributed by atoms with E-state index in [1.54, 1.807) is 24.5 Å². The number of carbonyl (C=O) groups is 1. The van der Waals surface area contributed by atoms with Gasteiger partial charge in [0.15, 0.2) is 0 Å². The third-order valence-electron chi connectivity index (χ3n) is 7.87. The fraction of sp³-hybridized carbons (Fsp3) is 0.289. The van der Waals surface area contributed by atoms with E-state index in [2.05, 4.69) is 71.0 Å². The van der Waals surface area contributed by atoms with E-state index in [1.165, 1.54) is 0 Å². The summed E-state index contributed by atoms with van der Waals surface area (Å²) in [6.45, 7) is 10.5. The molecule has 5 aromatic rings. The Labute approximate surface area is 272 Å². The molecule has 0 unspecified atom stereocenters. The second-order valence-corrected chi connectivity index (χ2v) is 11.1. The van der Waals surface area contributed by atoms with Crippen molar-refractivity contribution in [1.82, 2.24) is 19.4 Å². The molecule has 8 nitrogen and oxygen atoms in total. The molecular formula is C38H43N5O3. The van der Waals surface area contributed by atoms with Gasteiger partial charge >= 0.3 is 0 Å². The summed E-state index contributed by atoms with van der Waals surface area (Å²) in [5.74, 6) is 3.14. The minimum absolute atomic E-state index is 0.185. The van der Waals surface area contributed by atoms with Gasteiger partial charge in [-0.15, -0.1) is 0 Å². The van der Waals surface area contributed by atoms with Gasteiger partial charge in [0.05, 0.1) is 12.3 Å². The molecular weight excluding hydrogens is 574 g/mol.